The molecular weight excluding hydrogens is 388 g/mol. The van der Waals surface area contributed by atoms with E-state index in [1.165, 1.54) is 24.3 Å². The Kier molecular flexibility index (Phi) is 5.39. The van der Waals surface area contributed by atoms with Gasteiger partial charge < -0.3 is 18.6 Å². The molecular formula is C22H18B2F2O4. The molecule has 3 aromatic carbocycles. The maximum atomic E-state index is 13.3. The number of hydrogen-bond acceptors (Lipinski definition) is 4. The highest BCUT2D eigenvalue weighted by Crippen LogP contribution is 2.17. The average Bonchev–Trinajstić information content (AvgIpc) is 3.34. The lowest BCUT2D eigenvalue weighted by Gasteiger charge is -2.11. The molecule has 0 saturated heterocycles. The van der Waals surface area contributed by atoms with Gasteiger partial charge in [-0.3, -0.25) is 0 Å². The first-order valence-electron chi connectivity index (χ1n) is 9.76. The zero-order valence-corrected chi connectivity index (χ0v) is 16.1. The molecule has 0 N–H and O–H groups in total. The molecule has 0 amide bonds. The first-order chi connectivity index (χ1) is 14.7. The van der Waals surface area contributed by atoms with Crippen LogP contribution in [-0.2, 0) is 45.0 Å². The van der Waals surface area contributed by atoms with Gasteiger partial charge in [0, 0.05) is 0 Å². The minimum absolute atomic E-state index is 0.273. The van der Waals surface area contributed by atoms with Crippen LogP contribution in [0.5, 0.6) is 0 Å². The van der Waals surface area contributed by atoms with Crippen molar-refractivity contribution in [3.63, 3.8) is 0 Å². The first kappa shape index (κ1) is 19.5. The number of rotatable bonds is 6. The third-order valence-corrected chi connectivity index (χ3v) is 5.29. The monoisotopic (exact) mass is 406 g/mol. The van der Waals surface area contributed by atoms with E-state index in [4.69, 9.17) is 18.6 Å². The summed E-state index contributed by atoms with van der Waals surface area (Å²) in [6.07, 6.45) is 0. The summed E-state index contributed by atoms with van der Waals surface area (Å²) in [4.78, 5) is 0. The van der Waals surface area contributed by atoms with Crippen LogP contribution in [0, 0.1) is 11.6 Å². The van der Waals surface area contributed by atoms with Crippen LogP contribution in [0.1, 0.15) is 22.3 Å². The molecule has 8 heteroatoms. The van der Waals surface area contributed by atoms with Crippen molar-refractivity contribution in [1.82, 2.24) is 0 Å². The van der Waals surface area contributed by atoms with Crippen LogP contribution in [0.2, 0.25) is 0 Å². The van der Waals surface area contributed by atoms with E-state index < -0.39 is 14.2 Å². The summed E-state index contributed by atoms with van der Waals surface area (Å²) in [6, 6.07) is 17.1. The summed E-state index contributed by atoms with van der Waals surface area (Å²) in [5, 5.41) is 0. The van der Waals surface area contributed by atoms with Crippen molar-refractivity contribution in [2.75, 3.05) is 0 Å². The molecule has 150 valence electrons. The Morgan fingerprint density at radius 3 is 1.70 bits per heavy atom. The predicted molar refractivity (Wildman–Crippen MR) is 109 cm³/mol. The Labute approximate surface area is 174 Å². The maximum absolute atomic E-state index is 13.3. The summed E-state index contributed by atoms with van der Waals surface area (Å²) in [6.45, 7) is 1.41. The van der Waals surface area contributed by atoms with Gasteiger partial charge in [-0.05, 0) is 57.4 Å². The minimum atomic E-state index is -0.496. The summed E-state index contributed by atoms with van der Waals surface area (Å²) < 4.78 is 49.7. The smallest absolute Gasteiger partial charge is 0.403 e. The van der Waals surface area contributed by atoms with Crippen LogP contribution in [0.4, 0.5) is 8.78 Å². The molecule has 0 unspecified atom stereocenters. The Hall–Kier alpha value is -2.51. The lowest BCUT2D eigenvalue weighted by molar-refractivity contribution is 0.201. The van der Waals surface area contributed by atoms with Crippen molar-refractivity contribution in [2.24, 2.45) is 0 Å². The minimum Gasteiger partial charge on any atom is -0.403 e. The highest BCUT2D eigenvalue weighted by molar-refractivity contribution is 6.63. The summed E-state index contributed by atoms with van der Waals surface area (Å²) in [5.74, 6) is -0.547. The molecule has 2 heterocycles. The van der Waals surface area contributed by atoms with E-state index in [9.17, 15) is 8.78 Å². The van der Waals surface area contributed by atoms with Gasteiger partial charge in [-0.2, -0.15) is 0 Å². The molecule has 5 rings (SSSR count). The predicted octanol–water partition coefficient (Wildman–Crippen LogP) is 2.85. The van der Waals surface area contributed by atoms with Gasteiger partial charge in [-0.1, -0.05) is 36.4 Å². The van der Waals surface area contributed by atoms with E-state index in [0.29, 0.717) is 26.4 Å². The topological polar surface area (TPSA) is 36.9 Å². The molecule has 4 nitrogen and oxygen atoms in total. The Bertz CT molecular complexity index is 998. The van der Waals surface area contributed by atoms with Gasteiger partial charge in [-0.15, -0.1) is 0 Å². The van der Waals surface area contributed by atoms with Crippen molar-refractivity contribution < 1.29 is 27.4 Å². The van der Waals surface area contributed by atoms with Crippen LogP contribution in [0.25, 0.3) is 0 Å². The summed E-state index contributed by atoms with van der Waals surface area (Å²) in [5.41, 5.74) is 5.32. The SMILES string of the molecule is Fc1ccc2c(c1)COB2OCc1cccc(COB2OCc3cc(F)ccc32)c1. The van der Waals surface area contributed by atoms with Crippen LogP contribution >= 0.6 is 0 Å². The molecule has 0 aromatic heterocycles. The molecule has 2 aliphatic heterocycles. The van der Waals surface area contributed by atoms with Crippen molar-refractivity contribution in [3.8, 4) is 0 Å². The lowest BCUT2D eigenvalue weighted by Crippen LogP contribution is -2.32. The summed E-state index contributed by atoms with van der Waals surface area (Å²) in [7, 11) is -0.992. The highest BCUT2D eigenvalue weighted by atomic mass is 19.1. The molecule has 0 spiro atoms. The quantitative estimate of drug-likeness (QED) is 0.591. The normalized spacial score (nSPS) is 14.9. The van der Waals surface area contributed by atoms with Crippen molar-refractivity contribution in [1.29, 1.82) is 0 Å². The number of halogens is 2. The fraction of sp³-hybridized carbons (Fsp3) is 0.182. The number of fused-ring (bicyclic) bond motifs is 2. The van der Waals surface area contributed by atoms with Crippen LogP contribution in [-0.4, -0.2) is 14.2 Å². The molecule has 0 saturated carbocycles. The molecule has 0 fully saturated rings. The van der Waals surface area contributed by atoms with Gasteiger partial charge in [0.2, 0.25) is 0 Å². The van der Waals surface area contributed by atoms with E-state index in [0.717, 1.165) is 33.2 Å². The summed E-state index contributed by atoms with van der Waals surface area (Å²) >= 11 is 0. The van der Waals surface area contributed by atoms with E-state index in [1.54, 1.807) is 12.1 Å². The maximum Gasteiger partial charge on any atom is 0.494 e. The van der Waals surface area contributed by atoms with E-state index in [2.05, 4.69) is 0 Å². The number of benzene rings is 3. The van der Waals surface area contributed by atoms with E-state index >= 15 is 0 Å². The van der Waals surface area contributed by atoms with E-state index in [1.807, 2.05) is 24.3 Å². The van der Waals surface area contributed by atoms with Crippen molar-refractivity contribution in [2.45, 2.75) is 26.4 Å². The Morgan fingerprint density at radius 2 is 1.20 bits per heavy atom. The van der Waals surface area contributed by atoms with Crippen LogP contribution in [0.15, 0.2) is 60.7 Å². The van der Waals surface area contributed by atoms with Crippen molar-refractivity contribution >= 4 is 25.2 Å². The molecule has 30 heavy (non-hydrogen) atoms. The zero-order chi connectivity index (χ0) is 20.5. The number of hydrogen-bond donors (Lipinski definition) is 0. The first-order valence-corrected chi connectivity index (χ1v) is 9.76. The molecule has 3 aromatic rings. The Morgan fingerprint density at radius 1 is 0.700 bits per heavy atom. The van der Waals surface area contributed by atoms with Gasteiger partial charge in [0.25, 0.3) is 0 Å². The average molecular weight is 406 g/mol. The molecule has 0 bridgehead atoms. The Balaban J connectivity index is 1.19. The standard InChI is InChI=1S/C22H18B2F2O4/c25-19-4-6-21-17(9-19)13-29-23(21)27-11-15-2-1-3-16(8-15)12-28-24-22-7-5-20(26)10-18(22)14-30-24/h1-10H,11-14H2. The van der Waals surface area contributed by atoms with Gasteiger partial charge in [-0.25, -0.2) is 8.78 Å². The van der Waals surface area contributed by atoms with Crippen LogP contribution < -0.4 is 10.9 Å². The third kappa shape index (κ3) is 4.04. The lowest BCUT2D eigenvalue weighted by atomic mass is 9.78. The second-order valence-corrected chi connectivity index (χ2v) is 7.41. The van der Waals surface area contributed by atoms with Crippen LogP contribution in [0.3, 0.4) is 0 Å². The molecule has 0 aliphatic carbocycles. The van der Waals surface area contributed by atoms with Gasteiger partial charge in [0.1, 0.15) is 11.6 Å². The van der Waals surface area contributed by atoms with E-state index in [-0.39, 0.29) is 11.6 Å². The fourth-order valence-corrected chi connectivity index (χ4v) is 3.80. The zero-order valence-electron chi connectivity index (χ0n) is 16.1. The van der Waals surface area contributed by atoms with Crippen molar-refractivity contribution in [3.05, 3.63) is 94.6 Å². The highest BCUT2D eigenvalue weighted by Gasteiger charge is 2.32. The van der Waals surface area contributed by atoms with Gasteiger partial charge in [0.15, 0.2) is 0 Å². The molecule has 0 radical (unpaired) electrons. The molecule has 2 aliphatic rings. The second kappa shape index (κ2) is 8.32. The van der Waals surface area contributed by atoms with Gasteiger partial charge in [0.05, 0.1) is 26.4 Å². The second-order valence-electron chi connectivity index (χ2n) is 7.41. The third-order valence-electron chi connectivity index (χ3n) is 5.29. The molecule has 0 atom stereocenters. The van der Waals surface area contributed by atoms with Gasteiger partial charge >= 0.3 is 14.2 Å². The largest absolute Gasteiger partial charge is 0.494 e. The fourth-order valence-electron chi connectivity index (χ4n) is 3.80.